The summed E-state index contributed by atoms with van der Waals surface area (Å²) in [5, 5.41) is 2.54. The van der Waals surface area contributed by atoms with Crippen molar-refractivity contribution in [1.82, 2.24) is 5.32 Å². The number of hydrogen-bond donors (Lipinski definition) is 1. The van der Waals surface area contributed by atoms with Crippen molar-refractivity contribution in [2.75, 3.05) is 19.8 Å². The SMILES string of the molecule is CCCCOC(=O)NCCOC(=O)C(C)(C)CCC. The summed E-state index contributed by atoms with van der Waals surface area (Å²) in [6.07, 6.45) is 3.10. The summed E-state index contributed by atoms with van der Waals surface area (Å²) in [5.41, 5.74) is -0.462. The van der Waals surface area contributed by atoms with Crippen molar-refractivity contribution in [2.24, 2.45) is 5.41 Å². The third-order valence-electron chi connectivity index (χ3n) is 2.76. The highest BCUT2D eigenvalue weighted by molar-refractivity contribution is 5.75. The molecule has 5 nitrogen and oxygen atoms in total. The number of carbonyl (C=O) groups excluding carboxylic acids is 2. The number of alkyl carbamates (subject to hydrolysis) is 1. The molecule has 0 aromatic carbocycles. The molecule has 0 saturated heterocycles. The Hall–Kier alpha value is -1.26. The maximum Gasteiger partial charge on any atom is 0.407 e. The zero-order chi connectivity index (χ0) is 14.7. The van der Waals surface area contributed by atoms with Crippen LogP contribution in [0.15, 0.2) is 0 Å². The summed E-state index contributed by atoms with van der Waals surface area (Å²) in [6.45, 7) is 8.66. The van der Waals surface area contributed by atoms with Crippen molar-refractivity contribution in [2.45, 2.75) is 53.4 Å². The molecule has 0 bridgehead atoms. The first-order chi connectivity index (χ1) is 8.94. The summed E-state index contributed by atoms with van der Waals surface area (Å²) in [6, 6.07) is 0. The van der Waals surface area contributed by atoms with Gasteiger partial charge in [0.1, 0.15) is 6.61 Å². The van der Waals surface area contributed by atoms with Gasteiger partial charge in [0.15, 0.2) is 0 Å². The first-order valence-electron chi connectivity index (χ1n) is 7.02. The van der Waals surface area contributed by atoms with Crippen LogP contribution in [0, 0.1) is 5.41 Å². The average molecular weight is 273 g/mol. The van der Waals surface area contributed by atoms with Crippen LogP contribution in [0.3, 0.4) is 0 Å². The molecule has 0 atom stereocenters. The normalized spacial score (nSPS) is 10.9. The second-order valence-corrected chi connectivity index (χ2v) is 5.19. The third-order valence-corrected chi connectivity index (χ3v) is 2.76. The monoisotopic (exact) mass is 273 g/mol. The highest BCUT2D eigenvalue weighted by atomic mass is 16.6. The van der Waals surface area contributed by atoms with E-state index in [9.17, 15) is 9.59 Å². The van der Waals surface area contributed by atoms with E-state index in [2.05, 4.69) is 5.32 Å². The Labute approximate surface area is 116 Å². The Morgan fingerprint density at radius 1 is 1.05 bits per heavy atom. The number of nitrogens with one attached hydrogen (secondary N) is 1. The zero-order valence-corrected chi connectivity index (χ0v) is 12.6. The lowest BCUT2D eigenvalue weighted by Gasteiger charge is -2.21. The second kappa shape index (κ2) is 9.64. The van der Waals surface area contributed by atoms with Crippen molar-refractivity contribution in [3.8, 4) is 0 Å². The van der Waals surface area contributed by atoms with E-state index in [0.717, 1.165) is 25.7 Å². The van der Waals surface area contributed by atoms with E-state index in [1.165, 1.54) is 0 Å². The molecular weight excluding hydrogens is 246 g/mol. The van der Waals surface area contributed by atoms with E-state index in [4.69, 9.17) is 9.47 Å². The number of hydrogen-bond acceptors (Lipinski definition) is 4. The molecule has 0 fully saturated rings. The fourth-order valence-electron chi connectivity index (χ4n) is 1.58. The average Bonchev–Trinajstić information content (AvgIpc) is 2.34. The van der Waals surface area contributed by atoms with Gasteiger partial charge in [-0.3, -0.25) is 4.79 Å². The summed E-state index contributed by atoms with van der Waals surface area (Å²) >= 11 is 0. The summed E-state index contributed by atoms with van der Waals surface area (Å²) in [7, 11) is 0. The van der Waals surface area contributed by atoms with Crippen LogP contribution >= 0.6 is 0 Å². The second-order valence-electron chi connectivity index (χ2n) is 5.19. The number of unbranched alkanes of at least 4 members (excludes halogenated alkanes) is 1. The molecular formula is C14H27NO4. The van der Waals surface area contributed by atoms with E-state index in [-0.39, 0.29) is 19.1 Å². The Morgan fingerprint density at radius 3 is 2.32 bits per heavy atom. The van der Waals surface area contributed by atoms with Gasteiger partial charge in [-0.15, -0.1) is 0 Å². The number of rotatable bonds is 9. The Kier molecular flexibility index (Phi) is 9.00. The molecule has 0 unspecified atom stereocenters. The molecule has 0 aliphatic carbocycles. The molecule has 112 valence electrons. The van der Waals surface area contributed by atoms with Crippen LogP contribution in [0.2, 0.25) is 0 Å². The predicted molar refractivity (Wildman–Crippen MR) is 73.9 cm³/mol. The van der Waals surface area contributed by atoms with Gasteiger partial charge >= 0.3 is 12.1 Å². The highest BCUT2D eigenvalue weighted by Gasteiger charge is 2.27. The van der Waals surface area contributed by atoms with Gasteiger partial charge in [0.2, 0.25) is 0 Å². The van der Waals surface area contributed by atoms with Crippen LogP contribution in [0.5, 0.6) is 0 Å². The van der Waals surface area contributed by atoms with Crippen LogP contribution in [-0.2, 0) is 14.3 Å². The molecule has 0 spiro atoms. The minimum absolute atomic E-state index is 0.175. The quantitative estimate of drug-likeness (QED) is 0.518. The van der Waals surface area contributed by atoms with Gasteiger partial charge in [-0.05, 0) is 26.7 Å². The van der Waals surface area contributed by atoms with Gasteiger partial charge in [-0.2, -0.15) is 0 Å². The third kappa shape index (κ3) is 8.46. The number of amides is 1. The van der Waals surface area contributed by atoms with Crippen molar-refractivity contribution in [3.63, 3.8) is 0 Å². The molecule has 0 saturated carbocycles. The van der Waals surface area contributed by atoms with Crippen LogP contribution in [0.1, 0.15) is 53.4 Å². The van der Waals surface area contributed by atoms with Crippen LogP contribution in [-0.4, -0.2) is 31.8 Å². The predicted octanol–water partition coefficient (Wildman–Crippen LogP) is 2.88. The van der Waals surface area contributed by atoms with Crippen LogP contribution in [0.4, 0.5) is 4.79 Å². The topological polar surface area (TPSA) is 64.6 Å². The molecule has 1 amide bonds. The van der Waals surface area contributed by atoms with E-state index in [1.807, 2.05) is 27.7 Å². The van der Waals surface area contributed by atoms with Crippen LogP contribution < -0.4 is 5.32 Å². The van der Waals surface area contributed by atoms with E-state index >= 15 is 0 Å². The highest BCUT2D eigenvalue weighted by Crippen LogP contribution is 2.23. The lowest BCUT2D eigenvalue weighted by molar-refractivity contribution is -0.154. The fraction of sp³-hybridized carbons (Fsp3) is 0.857. The number of carbonyl (C=O) groups is 2. The van der Waals surface area contributed by atoms with Gasteiger partial charge in [0.25, 0.3) is 0 Å². The van der Waals surface area contributed by atoms with E-state index in [0.29, 0.717) is 6.61 Å². The minimum atomic E-state index is -0.462. The fourth-order valence-corrected chi connectivity index (χ4v) is 1.58. The van der Waals surface area contributed by atoms with Crippen molar-refractivity contribution < 1.29 is 19.1 Å². The van der Waals surface area contributed by atoms with Gasteiger partial charge in [-0.25, -0.2) is 4.79 Å². The molecule has 0 aromatic heterocycles. The smallest absolute Gasteiger partial charge is 0.407 e. The van der Waals surface area contributed by atoms with Crippen LogP contribution in [0.25, 0.3) is 0 Å². The molecule has 0 aliphatic heterocycles. The van der Waals surface area contributed by atoms with Crippen molar-refractivity contribution >= 4 is 12.1 Å². The molecule has 1 N–H and O–H groups in total. The molecule has 19 heavy (non-hydrogen) atoms. The molecule has 0 aromatic rings. The lowest BCUT2D eigenvalue weighted by atomic mass is 9.88. The van der Waals surface area contributed by atoms with Gasteiger partial charge in [-0.1, -0.05) is 26.7 Å². The standard InChI is InChI=1S/C14H27NO4/c1-5-7-10-19-13(17)15-9-11-18-12(16)14(3,4)8-6-2/h5-11H2,1-4H3,(H,15,17). The Balaban J connectivity index is 3.68. The summed E-state index contributed by atoms with van der Waals surface area (Å²) in [4.78, 5) is 22.9. The minimum Gasteiger partial charge on any atom is -0.463 e. The van der Waals surface area contributed by atoms with Crippen molar-refractivity contribution in [3.05, 3.63) is 0 Å². The zero-order valence-electron chi connectivity index (χ0n) is 12.6. The molecule has 0 rings (SSSR count). The van der Waals surface area contributed by atoms with E-state index < -0.39 is 11.5 Å². The van der Waals surface area contributed by atoms with E-state index in [1.54, 1.807) is 0 Å². The maximum atomic E-state index is 11.7. The first kappa shape index (κ1) is 17.7. The largest absolute Gasteiger partial charge is 0.463 e. The Morgan fingerprint density at radius 2 is 1.74 bits per heavy atom. The molecule has 5 heteroatoms. The summed E-state index contributed by atoms with van der Waals surface area (Å²) < 4.78 is 10.0. The van der Waals surface area contributed by atoms with Gasteiger partial charge < -0.3 is 14.8 Å². The number of esters is 1. The van der Waals surface area contributed by atoms with Crippen molar-refractivity contribution in [1.29, 1.82) is 0 Å². The van der Waals surface area contributed by atoms with Gasteiger partial charge in [0, 0.05) is 0 Å². The molecule has 0 heterocycles. The number of ether oxygens (including phenoxy) is 2. The molecule has 0 radical (unpaired) electrons. The lowest BCUT2D eigenvalue weighted by Crippen LogP contribution is -2.32. The van der Waals surface area contributed by atoms with Gasteiger partial charge in [0.05, 0.1) is 18.6 Å². The first-order valence-corrected chi connectivity index (χ1v) is 7.02. The summed E-state index contributed by atoms with van der Waals surface area (Å²) in [5.74, 6) is -0.226. The Bertz CT molecular complexity index is 277. The molecule has 0 aliphatic rings. The maximum absolute atomic E-state index is 11.7.